The molecule has 0 spiro atoms. The molecule has 0 fully saturated rings. The zero-order valence-corrected chi connectivity index (χ0v) is 6.96. The molecule has 0 heterocycles. The van der Waals surface area contributed by atoms with Crippen LogP contribution < -0.4 is 0 Å². The highest BCUT2D eigenvalue weighted by Crippen LogP contribution is 1.98. The Hall–Kier alpha value is -0.850. The van der Waals surface area contributed by atoms with Gasteiger partial charge in [0.1, 0.15) is 0 Å². The van der Waals surface area contributed by atoms with Gasteiger partial charge < -0.3 is 0 Å². The Morgan fingerprint density at radius 3 is 2.40 bits per heavy atom. The molecule has 0 aliphatic heterocycles. The molecule has 0 radical (unpaired) electrons. The third-order valence-corrected chi connectivity index (χ3v) is 1.17. The second-order valence-electron chi connectivity index (χ2n) is 2.39. The Bertz CT molecular complexity index is 152. The minimum absolute atomic E-state index is 0.481. The van der Waals surface area contributed by atoms with Crippen LogP contribution in [0.5, 0.6) is 0 Å². The van der Waals surface area contributed by atoms with Crippen LogP contribution in [0.4, 0.5) is 0 Å². The first-order valence-electron chi connectivity index (χ1n) is 3.53. The Labute approximate surface area is 63.2 Å². The van der Waals surface area contributed by atoms with E-state index in [1.54, 1.807) is 6.20 Å². The Morgan fingerprint density at radius 2 is 2.10 bits per heavy atom. The van der Waals surface area contributed by atoms with E-state index in [0.29, 0.717) is 5.92 Å². The number of rotatable bonds is 3. The van der Waals surface area contributed by atoms with Crippen molar-refractivity contribution in [3.63, 3.8) is 0 Å². The molecular formula is C9H15N. The minimum Gasteiger partial charge on any atom is -0.262 e. The summed E-state index contributed by atoms with van der Waals surface area (Å²) in [4.78, 5) is 4.11. The van der Waals surface area contributed by atoms with E-state index in [0.717, 1.165) is 5.71 Å². The molecule has 1 nitrogen and oxygen atoms in total. The van der Waals surface area contributed by atoms with E-state index in [2.05, 4.69) is 25.4 Å². The lowest BCUT2D eigenvalue weighted by Gasteiger charge is -2.01. The van der Waals surface area contributed by atoms with Crippen LogP contribution in [-0.2, 0) is 0 Å². The maximum Gasteiger partial charge on any atom is 0.0425 e. The van der Waals surface area contributed by atoms with Crippen molar-refractivity contribution < 1.29 is 0 Å². The van der Waals surface area contributed by atoms with E-state index in [-0.39, 0.29) is 0 Å². The van der Waals surface area contributed by atoms with Crippen LogP contribution in [0.25, 0.3) is 0 Å². The molecule has 0 bridgehead atoms. The predicted molar refractivity (Wildman–Crippen MR) is 47.3 cm³/mol. The van der Waals surface area contributed by atoms with Gasteiger partial charge in [0.15, 0.2) is 0 Å². The maximum absolute atomic E-state index is 4.11. The third-order valence-electron chi connectivity index (χ3n) is 1.17. The lowest BCUT2D eigenvalue weighted by molar-refractivity contribution is 0.888. The quantitative estimate of drug-likeness (QED) is 0.530. The fourth-order valence-electron chi connectivity index (χ4n) is 0.661. The van der Waals surface area contributed by atoms with Crippen LogP contribution >= 0.6 is 0 Å². The van der Waals surface area contributed by atoms with Crippen LogP contribution in [0.1, 0.15) is 20.8 Å². The van der Waals surface area contributed by atoms with Crippen LogP contribution in [0.3, 0.4) is 0 Å². The second kappa shape index (κ2) is 4.98. The number of aliphatic imine (C=N–C) groups is 1. The summed E-state index contributed by atoms with van der Waals surface area (Å²) in [6.45, 7) is 9.76. The van der Waals surface area contributed by atoms with E-state index in [1.165, 1.54) is 0 Å². The fraction of sp³-hybridized carbons (Fsp3) is 0.444. The van der Waals surface area contributed by atoms with Crippen molar-refractivity contribution in [3.05, 3.63) is 24.9 Å². The summed E-state index contributed by atoms with van der Waals surface area (Å²) in [6.07, 6.45) is 5.57. The highest BCUT2D eigenvalue weighted by atomic mass is 14.7. The molecule has 0 aromatic heterocycles. The topological polar surface area (TPSA) is 12.4 Å². The molecule has 0 aromatic rings. The van der Waals surface area contributed by atoms with Crippen molar-refractivity contribution in [1.82, 2.24) is 0 Å². The summed E-state index contributed by atoms with van der Waals surface area (Å²) in [5.41, 5.74) is 1.08. The minimum atomic E-state index is 0.481. The lowest BCUT2D eigenvalue weighted by atomic mass is 10.1. The van der Waals surface area contributed by atoms with Gasteiger partial charge in [-0.3, -0.25) is 4.99 Å². The average molecular weight is 137 g/mol. The molecule has 0 saturated heterocycles. The highest BCUT2D eigenvalue weighted by Gasteiger charge is 1.97. The van der Waals surface area contributed by atoms with Gasteiger partial charge in [-0.1, -0.05) is 26.5 Å². The smallest absolute Gasteiger partial charge is 0.0425 e. The van der Waals surface area contributed by atoms with E-state index in [4.69, 9.17) is 0 Å². The van der Waals surface area contributed by atoms with E-state index < -0.39 is 0 Å². The van der Waals surface area contributed by atoms with Gasteiger partial charge in [0.2, 0.25) is 0 Å². The molecule has 56 valence electrons. The van der Waals surface area contributed by atoms with Gasteiger partial charge in [0.25, 0.3) is 0 Å². The Balaban J connectivity index is 4.25. The average Bonchev–Trinajstić information content (AvgIpc) is 1.87. The van der Waals surface area contributed by atoms with Crippen molar-refractivity contribution in [1.29, 1.82) is 0 Å². The summed E-state index contributed by atoms with van der Waals surface area (Å²) >= 11 is 0. The molecule has 0 saturated carbocycles. The van der Waals surface area contributed by atoms with Crippen molar-refractivity contribution in [2.24, 2.45) is 10.9 Å². The summed E-state index contributed by atoms with van der Waals surface area (Å²) in [5.74, 6) is 0.481. The van der Waals surface area contributed by atoms with E-state index in [9.17, 15) is 0 Å². The fourth-order valence-corrected chi connectivity index (χ4v) is 0.661. The van der Waals surface area contributed by atoms with Crippen molar-refractivity contribution >= 4 is 5.71 Å². The maximum atomic E-state index is 4.11. The van der Waals surface area contributed by atoms with E-state index >= 15 is 0 Å². The Morgan fingerprint density at radius 1 is 1.50 bits per heavy atom. The van der Waals surface area contributed by atoms with Gasteiger partial charge in [-0.05, 0) is 18.9 Å². The van der Waals surface area contributed by atoms with Crippen LogP contribution in [0, 0.1) is 5.92 Å². The first-order valence-corrected chi connectivity index (χ1v) is 3.53. The van der Waals surface area contributed by atoms with Gasteiger partial charge in [-0.2, -0.15) is 0 Å². The van der Waals surface area contributed by atoms with Crippen molar-refractivity contribution in [3.8, 4) is 0 Å². The molecule has 0 N–H and O–H groups in total. The van der Waals surface area contributed by atoms with Gasteiger partial charge in [0, 0.05) is 11.9 Å². The monoisotopic (exact) mass is 137 g/mol. The van der Waals surface area contributed by atoms with Gasteiger partial charge >= 0.3 is 0 Å². The van der Waals surface area contributed by atoms with Gasteiger partial charge in [0.05, 0.1) is 0 Å². The normalized spacial score (nSPS) is 13.0. The number of hydrogen-bond acceptors (Lipinski definition) is 1. The van der Waals surface area contributed by atoms with Crippen molar-refractivity contribution in [2.45, 2.75) is 20.8 Å². The molecule has 10 heavy (non-hydrogen) atoms. The molecule has 0 atom stereocenters. The molecular weight excluding hydrogens is 122 g/mol. The van der Waals surface area contributed by atoms with Crippen LogP contribution in [0.15, 0.2) is 29.9 Å². The standard InChI is InChI=1S/C9H15N/c1-5-7-9(8(3)4)10-6-2/h5-8H,2H2,1,3-4H3/b7-5-,10-9?. The van der Waals surface area contributed by atoms with Gasteiger partial charge in [-0.15, -0.1) is 0 Å². The molecule has 0 aliphatic carbocycles. The second-order valence-corrected chi connectivity index (χ2v) is 2.39. The predicted octanol–water partition coefficient (Wildman–Crippen LogP) is 2.80. The highest BCUT2D eigenvalue weighted by molar-refractivity contribution is 5.96. The molecule has 1 heteroatoms. The van der Waals surface area contributed by atoms with Crippen LogP contribution in [0.2, 0.25) is 0 Å². The van der Waals surface area contributed by atoms with Crippen LogP contribution in [-0.4, -0.2) is 5.71 Å². The molecule has 0 aliphatic rings. The summed E-state index contributed by atoms with van der Waals surface area (Å²) in [7, 11) is 0. The summed E-state index contributed by atoms with van der Waals surface area (Å²) in [5, 5.41) is 0. The zero-order valence-electron chi connectivity index (χ0n) is 6.96. The number of allylic oxidation sites excluding steroid dienone is 2. The van der Waals surface area contributed by atoms with E-state index in [1.807, 2.05) is 19.1 Å². The molecule has 0 aromatic carbocycles. The first-order chi connectivity index (χ1) is 4.72. The zero-order chi connectivity index (χ0) is 7.98. The largest absolute Gasteiger partial charge is 0.262 e. The van der Waals surface area contributed by atoms with Gasteiger partial charge in [-0.25, -0.2) is 0 Å². The first kappa shape index (κ1) is 9.15. The SMILES string of the molecule is C=CN=C(/C=C\C)C(C)C. The summed E-state index contributed by atoms with van der Waals surface area (Å²) < 4.78 is 0. The van der Waals surface area contributed by atoms with Crippen molar-refractivity contribution in [2.75, 3.05) is 0 Å². The number of nitrogens with zero attached hydrogens (tertiary/aromatic N) is 1. The lowest BCUT2D eigenvalue weighted by Crippen LogP contribution is -2.02. The molecule has 0 amide bonds. The molecule has 0 rings (SSSR count). The molecule has 0 unspecified atom stereocenters. The summed E-state index contributed by atoms with van der Waals surface area (Å²) in [6, 6.07) is 0. The third kappa shape index (κ3) is 3.23. The number of hydrogen-bond donors (Lipinski definition) is 0. The Kier molecular flexibility index (Phi) is 4.55.